The minimum Gasteiger partial charge on any atom is -0.446 e. The highest BCUT2D eigenvalue weighted by Gasteiger charge is 2.32. The van der Waals surface area contributed by atoms with Crippen LogP contribution in [0.5, 0.6) is 0 Å². The molecule has 28 heavy (non-hydrogen) atoms. The molecule has 1 aliphatic heterocycles. The molecular weight excluding hydrogens is 376 g/mol. The van der Waals surface area contributed by atoms with Gasteiger partial charge in [-0.2, -0.15) is 0 Å². The number of hydrogen-bond donors (Lipinski definition) is 1. The quantitative estimate of drug-likeness (QED) is 0.760. The number of benzene rings is 2. The number of para-hydroxylation sites is 1. The van der Waals surface area contributed by atoms with E-state index in [1.54, 1.807) is 30.3 Å². The first-order valence-corrected chi connectivity index (χ1v) is 10.2. The molecule has 1 aliphatic carbocycles. The van der Waals surface area contributed by atoms with Crippen LogP contribution in [0.15, 0.2) is 59.5 Å². The van der Waals surface area contributed by atoms with Gasteiger partial charge in [0.15, 0.2) is 0 Å². The molecule has 4 rings (SSSR count). The van der Waals surface area contributed by atoms with Crippen molar-refractivity contribution in [2.75, 3.05) is 17.2 Å². The Kier molecular flexibility index (Phi) is 5.34. The maximum absolute atomic E-state index is 12.7. The molecule has 0 aromatic heterocycles. The summed E-state index contributed by atoms with van der Waals surface area (Å²) in [5.41, 5.74) is 1.30. The van der Waals surface area contributed by atoms with Crippen molar-refractivity contribution in [1.82, 2.24) is 5.32 Å². The number of carbonyl (C=O) groups is 3. The first-order chi connectivity index (χ1) is 13.6. The topological polar surface area (TPSA) is 75.7 Å². The highest BCUT2D eigenvalue weighted by molar-refractivity contribution is 8.00. The van der Waals surface area contributed by atoms with Gasteiger partial charge in [0.25, 0.3) is 5.91 Å². The molecule has 2 aliphatic rings. The van der Waals surface area contributed by atoms with E-state index in [1.807, 2.05) is 24.3 Å². The predicted molar refractivity (Wildman–Crippen MR) is 106 cm³/mol. The lowest BCUT2D eigenvalue weighted by Crippen LogP contribution is -2.41. The molecule has 0 bridgehead atoms. The number of thioether (sulfide) groups is 1. The van der Waals surface area contributed by atoms with Crippen molar-refractivity contribution < 1.29 is 19.1 Å². The van der Waals surface area contributed by atoms with Gasteiger partial charge in [0.1, 0.15) is 6.54 Å². The average molecular weight is 396 g/mol. The van der Waals surface area contributed by atoms with Crippen LogP contribution in [-0.4, -0.2) is 36.1 Å². The molecular formula is C21H20N2O4S. The second-order valence-electron chi connectivity index (χ2n) is 6.80. The molecule has 2 amide bonds. The van der Waals surface area contributed by atoms with E-state index in [4.69, 9.17) is 4.74 Å². The fourth-order valence-corrected chi connectivity index (χ4v) is 3.97. The summed E-state index contributed by atoms with van der Waals surface area (Å²) in [5, 5.41) is 2.89. The summed E-state index contributed by atoms with van der Waals surface area (Å²) < 4.78 is 5.54. The molecule has 0 spiro atoms. The van der Waals surface area contributed by atoms with Gasteiger partial charge in [-0.15, -0.1) is 11.8 Å². The van der Waals surface area contributed by atoms with Crippen molar-refractivity contribution in [2.45, 2.75) is 29.9 Å². The van der Waals surface area contributed by atoms with Crippen molar-refractivity contribution in [2.24, 2.45) is 0 Å². The third-order valence-electron chi connectivity index (χ3n) is 4.61. The van der Waals surface area contributed by atoms with Crippen molar-refractivity contribution in [3.05, 3.63) is 60.2 Å². The van der Waals surface area contributed by atoms with Crippen LogP contribution in [-0.2, 0) is 19.1 Å². The Balaban J connectivity index is 1.50. The molecule has 1 saturated carbocycles. The minimum absolute atomic E-state index is 0.153. The van der Waals surface area contributed by atoms with Crippen LogP contribution >= 0.6 is 11.8 Å². The first-order valence-electron chi connectivity index (χ1n) is 9.19. The zero-order chi connectivity index (χ0) is 19.5. The lowest BCUT2D eigenvalue weighted by molar-refractivity contribution is -0.155. The van der Waals surface area contributed by atoms with E-state index in [9.17, 15) is 14.4 Å². The van der Waals surface area contributed by atoms with E-state index in [-0.39, 0.29) is 30.2 Å². The Bertz CT molecular complexity index is 898. The zero-order valence-electron chi connectivity index (χ0n) is 15.2. The summed E-state index contributed by atoms with van der Waals surface area (Å²) in [7, 11) is 0. The number of esters is 1. The van der Waals surface area contributed by atoms with E-state index >= 15 is 0 Å². The molecule has 1 fully saturated rings. The number of nitrogens with zero attached hydrogens (tertiary/aromatic N) is 1. The largest absolute Gasteiger partial charge is 0.446 e. The molecule has 0 saturated heterocycles. The standard InChI is InChI=1S/C21H20N2O4S/c24-18-13-28-17-9-5-4-8-16(17)23(18)12-19(25)27-20(14-6-2-1-3-7-14)21(26)22-15-10-11-15/h1-9,15,20H,10-13H2,(H,22,26)/t20-/m1/s1. The maximum atomic E-state index is 12.7. The van der Waals surface area contributed by atoms with Crippen molar-refractivity contribution in [3.8, 4) is 0 Å². The van der Waals surface area contributed by atoms with Crippen molar-refractivity contribution >= 4 is 35.2 Å². The van der Waals surface area contributed by atoms with Crippen LogP contribution in [0.3, 0.4) is 0 Å². The number of hydrogen-bond acceptors (Lipinski definition) is 5. The van der Waals surface area contributed by atoms with E-state index in [0.717, 1.165) is 17.7 Å². The zero-order valence-corrected chi connectivity index (χ0v) is 16.0. The average Bonchev–Trinajstić information content (AvgIpc) is 3.53. The second kappa shape index (κ2) is 8.06. The van der Waals surface area contributed by atoms with Gasteiger partial charge >= 0.3 is 5.97 Å². The Hall–Kier alpha value is -2.80. The lowest BCUT2D eigenvalue weighted by Gasteiger charge is -2.28. The Morgan fingerprint density at radius 3 is 2.57 bits per heavy atom. The molecule has 7 heteroatoms. The summed E-state index contributed by atoms with van der Waals surface area (Å²) in [6.45, 7) is -0.226. The van der Waals surface area contributed by atoms with Gasteiger partial charge < -0.3 is 10.1 Å². The van der Waals surface area contributed by atoms with Crippen LogP contribution in [0.25, 0.3) is 0 Å². The summed E-state index contributed by atoms with van der Waals surface area (Å²) in [6, 6.07) is 16.5. The highest BCUT2D eigenvalue weighted by atomic mass is 32.2. The number of fused-ring (bicyclic) bond motifs is 1. The molecule has 2 aromatic carbocycles. The second-order valence-corrected chi connectivity index (χ2v) is 7.82. The number of ether oxygens (including phenoxy) is 1. The Labute approximate surface area is 167 Å². The van der Waals surface area contributed by atoms with Crippen LogP contribution < -0.4 is 10.2 Å². The van der Waals surface area contributed by atoms with Crippen LogP contribution in [0.1, 0.15) is 24.5 Å². The number of amides is 2. The smallest absolute Gasteiger partial charge is 0.327 e. The molecule has 1 atom stereocenters. The van der Waals surface area contributed by atoms with Gasteiger partial charge in [0.05, 0.1) is 11.4 Å². The summed E-state index contributed by atoms with van der Waals surface area (Å²) in [6.07, 6.45) is 0.856. The first kappa shape index (κ1) is 18.6. The van der Waals surface area contributed by atoms with Crippen LogP contribution in [0.4, 0.5) is 5.69 Å². The Morgan fingerprint density at radius 2 is 1.82 bits per heavy atom. The summed E-state index contributed by atoms with van der Waals surface area (Å²) in [4.78, 5) is 40.0. The normalized spacial score (nSPS) is 16.9. The fourth-order valence-electron chi connectivity index (χ4n) is 3.03. The summed E-state index contributed by atoms with van der Waals surface area (Å²) >= 11 is 1.45. The molecule has 1 heterocycles. The van der Waals surface area contributed by atoms with Gasteiger partial charge in [-0.3, -0.25) is 19.3 Å². The van der Waals surface area contributed by atoms with Gasteiger partial charge in [-0.25, -0.2) is 0 Å². The number of nitrogens with one attached hydrogen (secondary N) is 1. The fraction of sp³-hybridized carbons (Fsp3) is 0.286. The van der Waals surface area contributed by atoms with E-state index < -0.39 is 12.1 Å². The third kappa shape index (κ3) is 4.20. The number of carbonyl (C=O) groups excluding carboxylic acids is 3. The van der Waals surface area contributed by atoms with Gasteiger partial charge in [0.2, 0.25) is 12.0 Å². The third-order valence-corrected chi connectivity index (χ3v) is 5.66. The summed E-state index contributed by atoms with van der Waals surface area (Å²) in [5.74, 6) is -0.827. The number of anilines is 1. The van der Waals surface area contributed by atoms with Gasteiger partial charge in [-0.05, 0) is 25.0 Å². The van der Waals surface area contributed by atoms with Crippen molar-refractivity contribution in [1.29, 1.82) is 0 Å². The molecule has 0 radical (unpaired) electrons. The van der Waals surface area contributed by atoms with Gasteiger partial charge in [-0.1, -0.05) is 42.5 Å². The van der Waals surface area contributed by atoms with Gasteiger partial charge in [0, 0.05) is 16.5 Å². The number of rotatable bonds is 6. The molecule has 144 valence electrons. The molecule has 1 N–H and O–H groups in total. The predicted octanol–water partition coefficient (Wildman–Crippen LogP) is 2.69. The van der Waals surface area contributed by atoms with E-state index in [1.165, 1.54) is 16.7 Å². The highest BCUT2D eigenvalue weighted by Crippen LogP contribution is 2.35. The SMILES string of the molecule is O=C(CN1C(=O)CSc2ccccc21)O[C@@H](C(=O)NC1CC1)c1ccccc1. The molecule has 6 nitrogen and oxygen atoms in total. The van der Waals surface area contributed by atoms with Crippen LogP contribution in [0, 0.1) is 0 Å². The Morgan fingerprint density at radius 1 is 1.11 bits per heavy atom. The lowest BCUT2D eigenvalue weighted by atomic mass is 10.1. The van der Waals surface area contributed by atoms with Crippen molar-refractivity contribution in [3.63, 3.8) is 0 Å². The van der Waals surface area contributed by atoms with Crippen LogP contribution in [0.2, 0.25) is 0 Å². The maximum Gasteiger partial charge on any atom is 0.327 e. The monoisotopic (exact) mass is 396 g/mol. The molecule has 0 unspecified atom stereocenters. The van der Waals surface area contributed by atoms with E-state index in [2.05, 4.69) is 5.32 Å². The van der Waals surface area contributed by atoms with E-state index in [0.29, 0.717) is 11.3 Å². The molecule has 2 aromatic rings. The minimum atomic E-state index is -1.03.